The monoisotopic (exact) mass is 264 g/mol. The lowest BCUT2D eigenvalue weighted by molar-refractivity contribution is 0.149. The Bertz CT molecular complexity index is 427. The Labute approximate surface area is 96.4 Å². The molecule has 1 aliphatic heterocycles. The summed E-state index contributed by atoms with van der Waals surface area (Å²) in [4.78, 5) is 8.16. The molecule has 2 fully saturated rings. The molecule has 76 valence electrons. The lowest BCUT2D eigenvalue weighted by Gasteiger charge is -2.08. The molecule has 0 bridgehead atoms. The number of halogens is 1. The van der Waals surface area contributed by atoms with Crippen LogP contribution in [-0.4, -0.2) is 18.2 Å². The molecule has 2 unspecified atom stereocenters. The molecule has 1 aromatic rings. The molecular formula is C11H9BrN2O. The van der Waals surface area contributed by atoms with Crippen molar-refractivity contribution >= 4 is 15.9 Å². The van der Waals surface area contributed by atoms with Gasteiger partial charge in [0.25, 0.3) is 5.54 Å². The summed E-state index contributed by atoms with van der Waals surface area (Å²) in [6.45, 7) is 8.80. The van der Waals surface area contributed by atoms with E-state index >= 15 is 0 Å². The number of nitrogens with zero attached hydrogens (tertiary/aromatic N) is 2. The standard InChI is InChI=1S/C11H9BrN2O/c1-13-11(8-5-15-6-9(8)11)10-3-2-7(12)4-14-10/h2-4,8-9H,5-6H2/t8-,9?,11?/m1/s1. The molecule has 1 aromatic heterocycles. The number of hydrogen-bond acceptors (Lipinski definition) is 2. The molecule has 3 atom stereocenters. The summed E-state index contributed by atoms with van der Waals surface area (Å²) in [7, 11) is 0. The SMILES string of the molecule is [C-]#[N+]C1(c2ccc(Br)cn2)C2COC[C@H]21. The Kier molecular flexibility index (Phi) is 1.88. The van der Waals surface area contributed by atoms with Gasteiger partial charge in [-0.2, -0.15) is 0 Å². The summed E-state index contributed by atoms with van der Waals surface area (Å²) < 4.78 is 6.28. The predicted octanol–water partition coefficient (Wildman–Crippen LogP) is 2.23. The summed E-state index contributed by atoms with van der Waals surface area (Å²) in [5, 5.41) is 0. The maximum Gasteiger partial charge on any atom is 0.285 e. The van der Waals surface area contributed by atoms with E-state index in [9.17, 15) is 0 Å². The van der Waals surface area contributed by atoms with Crippen molar-refractivity contribution in [1.82, 2.24) is 4.98 Å². The molecule has 0 spiro atoms. The van der Waals surface area contributed by atoms with Gasteiger partial charge in [-0.15, -0.1) is 0 Å². The summed E-state index contributed by atoms with van der Waals surface area (Å²) in [6.07, 6.45) is 1.76. The molecule has 4 heteroatoms. The van der Waals surface area contributed by atoms with Gasteiger partial charge in [0.15, 0.2) is 0 Å². The molecule has 0 radical (unpaired) electrons. The van der Waals surface area contributed by atoms with Crippen molar-refractivity contribution in [2.75, 3.05) is 13.2 Å². The minimum Gasteiger partial charge on any atom is -0.380 e. The fraction of sp³-hybridized carbons (Fsp3) is 0.455. The lowest BCUT2D eigenvalue weighted by Crippen LogP contribution is -2.15. The van der Waals surface area contributed by atoms with Crippen molar-refractivity contribution < 1.29 is 4.74 Å². The predicted molar refractivity (Wildman–Crippen MR) is 58.0 cm³/mol. The van der Waals surface area contributed by atoms with Gasteiger partial charge < -0.3 is 9.58 Å². The number of ether oxygens (including phenoxy) is 1. The Morgan fingerprint density at radius 2 is 2.20 bits per heavy atom. The molecule has 0 amide bonds. The van der Waals surface area contributed by atoms with Gasteiger partial charge in [-0.05, 0) is 28.1 Å². The van der Waals surface area contributed by atoms with Crippen molar-refractivity contribution in [2.45, 2.75) is 5.54 Å². The van der Waals surface area contributed by atoms with Crippen LogP contribution in [0.2, 0.25) is 0 Å². The van der Waals surface area contributed by atoms with Crippen molar-refractivity contribution in [1.29, 1.82) is 0 Å². The van der Waals surface area contributed by atoms with Crippen LogP contribution in [0, 0.1) is 18.4 Å². The van der Waals surface area contributed by atoms with Gasteiger partial charge in [0, 0.05) is 10.7 Å². The van der Waals surface area contributed by atoms with Crippen molar-refractivity contribution in [3.8, 4) is 0 Å². The molecule has 3 nitrogen and oxygen atoms in total. The maximum atomic E-state index is 7.37. The topological polar surface area (TPSA) is 26.5 Å². The maximum absolute atomic E-state index is 7.37. The zero-order valence-corrected chi connectivity index (χ0v) is 9.57. The third kappa shape index (κ3) is 1.11. The highest BCUT2D eigenvalue weighted by molar-refractivity contribution is 9.10. The van der Waals surface area contributed by atoms with Gasteiger partial charge >= 0.3 is 0 Å². The third-order valence-corrected chi connectivity index (χ3v) is 3.89. The van der Waals surface area contributed by atoms with Gasteiger partial charge in [0.05, 0.1) is 25.0 Å². The molecule has 1 saturated carbocycles. The minimum atomic E-state index is -0.376. The summed E-state index contributed by atoms with van der Waals surface area (Å²) in [5.41, 5.74) is 0.526. The van der Waals surface area contributed by atoms with Crippen LogP contribution in [0.1, 0.15) is 5.69 Å². The van der Waals surface area contributed by atoms with Gasteiger partial charge in [0.2, 0.25) is 0 Å². The van der Waals surface area contributed by atoms with Crippen molar-refractivity contribution in [2.24, 2.45) is 11.8 Å². The molecule has 1 aliphatic carbocycles. The van der Waals surface area contributed by atoms with E-state index in [1.165, 1.54) is 0 Å². The van der Waals surface area contributed by atoms with E-state index in [1.807, 2.05) is 12.1 Å². The second kappa shape index (κ2) is 3.03. The largest absolute Gasteiger partial charge is 0.380 e. The number of rotatable bonds is 1. The van der Waals surface area contributed by atoms with Crippen LogP contribution in [0.4, 0.5) is 0 Å². The minimum absolute atomic E-state index is 0.365. The van der Waals surface area contributed by atoms with Gasteiger partial charge in [-0.25, -0.2) is 6.57 Å². The quantitative estimate of drug-likeness (QED) is 0.728. The number of fused-ring (bicyclic) bond motifs is 1. The fourth-order valence-electron chi connectivity index (χ4n) is 2.55. The van der Waals surface area contributed by atoms with E-state index in [0.29, 0.717) is 25.0 Å². The Morgan fingerprint density at radius 3 is 2.73 bits per heavy atom. The van der Waals surface area contributed by atoms with Crippen molar-refractivity contribution in [3.05, 3.63) is 39.9 Å². The molecule has 15 heavy (non-hydrogen) atoms. The molecule has 3 rings (SSSR count). The molecule has 2 heterocycles. The summed E-state index contributed by atoms with van der Waals surface area (Å²) >= 11 is 3.35. The Balaban J connectivity index is 2.00. The first kappa shape index (κ1) is 9.32. The average Bonchev–Trinajstić information content (AvgIpc) is 2.65. The third-order valence-electron chi connectivity index (χ3n) is 3.42. The van der Waals surface area contributed by atoms with Crippen LogP contribution in [0.5, 0.6) is 0 Å². The fourth-order valence-corrected chi connectivity index (χ4v) is 2.78. The zero-order valence-electron chi connectivity index (χ0n) is 7.98. The highest BCUT2D eigenvalue weighted by Gasteiger charge is 2.77. The second-order valence-electron chi connectivity index (χ2n) is 4.05. The van der Waals surface area contributed by atoms with E-state index in [-0.39, 0.29) is 5.54 Å². The van der Waals surface area contributed by atoms with Crippen LogP contribution in [0.15, 0.2) is 22.8 Å². The summed E-state index contributed by atoms with van der Waals surface area (Å²) in [6, 6.07) is 3.89. The highest BCUT2D eigenvalue weighted by atomic mass is 79.9. The number of aromatic nitrogens is 1. The van der Waals surface area contributed by atoms with Gasteiger partial charge in [0.1, 0.15) is 5.69 Å². The first-order chi connectivity index (χ1) is 7.29. The molecule has 0 aromatic carbocycles. The van der Waals surface area contributed by atoms with Crippen LogP contribution < -0.4 is 0 Å². The molecule has 2 aliphatic rings. The van der Waals surface area contributed by atoms with Crippen LogP contribution in [0.25, 0.3) is 4.85 Å². The van der Waals surface area contributed by atoms with E-state index in [4.69, 9.17) is 11.3 Å². The smallest absolute Gasteiger partial charge is 0.285 e. The second-order valence-corrected chi connectivity index (χ2v) is 4.96. The van der Waals surface area contributed by atoms with Crippen molar-refractivity contribution in [3.63, 3.8) is 0 Å². The van der Waals surface area contributed by atoms with Gasteiger partial charge in [-0.3, -0.25) is 4.98 Å². The number of pyridine rings is 1. The Morgan fingerprint density at radius 1 is 1.47 bits per heavy atom. The van der Waals surface area contributed by atoms with E-state index in [0.717, 1.165) is 10.2 Å². The zero-order chi connectivity index (χ0) is 10.5. The van der Waals surface area contributed by atoms with Crippen LogP contribution in [-0.2, 0) is 10.3 Å². The lowest BCUT2D eigenvalue weighted by atomic mass is 10.1. The van der Waals surface area contributed by atoms with Gasteiger partial charge in [-0.1, -0.05) is 0 Å². The van der Waals surface area contributed by atoms with E-state index < -0.39 is 0 Å². The van der Waals surface area contributed by atoms with Crippen LogP contribution in [0.3, 0.4) is 0 Å². The van der Waals surface area contributed by atoms with E-state index in [2.05, 4.69) is 25.8 Å². The molecule has 0 N–H and O–H groups in total. The number of hydrogen-bond donors (Lipinski definition) is 0. The Hall–Kier alpha value is -0.920. The normalized spacial score (nSPS) is 37.1. The highest BCUT2D eigenvalue weighted by Crippen LogP contribution is 2.63. The van der Waals surface area contributed by atoms with E-state index in [1.54, 1.807) is 6.20 Å². The molecular weight excluding hydrogens is 256 g/mol. The first-order valence-electron chi connectivity index (χ1n) is 4.87. The molecule has 1 saturated heterocycles. The summed E-state index contributed by atoms with van der Waals surface area (Å²) in [5.74, 6) is 0.729. The average molecular weight is 265 g/mol. The van der Waals surface area contributed by atoms with Crippen LogP contribution >= 0.6 is 15.9 Å². The first-order valence-corrected chi connectivity index (χ1v) is 5.66.